The molecular weight excluding hydrogens is 280 g/mol. The molecule has 0 unspecified atom stereocenters. The summed E-state index contributed by atoms with van der Waals surface area (Å²) < 4.78 is 2.32. The molecule has 0 N–H and O–H groups in total. The van der Waals surface area contributed by atoms with Crippen molar-refractivity contribution in [3.63, 3.8) is 0 Å². The number of imidazole rings is 1. The molecule has 0 aliphatic rings. The molecule has 110 valence electrons. The lowest BCUT2D eigenvalue weighted by Crippen LogP contribution is -1.94. The van der Waals surface area contributed by atoms with E-state index in [1.165, 1.54) is 38.3 Å². The highest BCUT2D eigenvalue weighted by atomic mass is 15.0. The highest BCUT2D eigenvalue weighted by Gasteiger charge is 2.14. The minimum Gasteiger partial charge on any atom is -0.291 e. The normalized spacial score (nSPS) is 11.9. The number of hydrogen-bond donors (Lipinski definition) is 0. The lowest BCUT2D eigenvalue weighted by molar-refractivity contribution is 1.28. The zero-order valence-electron chi connectivity index (χ0n) is 13.2. The van der Waals surface area contributed by atoms with Gasteiger partial charge in [0, 0.05) is 10.8 Å². The quantitative estimate of drug-likeness (QED) is 0.349. The SMILES string of the molecule is Cc1cc(C)c2c(c1)c1ccccc1c1nc3ccccc3n12. The third kappa shape index (κ3) is 1.61. The van der Waals surface area contributed by atoms with E-state index >= 15 is 0 Å². The largest absolute Gasteiger partial charge is 0.291 e. The number of aryl methyl sites for hydroxylation is 2. The molecule has 0 saturated carbocycles. The van der Waals surface area contributed by atoms with Gasteiger partial charge in [-0.1, -0.05) is 48.0 Å². The lowest BCUT2D eigenvalue weighted by atomic mass is 10.0. The molecule has 0 radical (unpaired) electrons. The number of rotatable bonds is 0. The predicted octanol–water partition coefficient (Wildman–Crippen LogP) is 5.41. The monoisotopic (exact) mass is 296 g/mol. The summed E-state index contributed by atoms with van der Waals surface area (Å²) in [6.45, 7) is 4.36. The van der Waals surface area contributed by atoms with Crippen LogP contribution >= 0.6 is 0 Å². The van der Waals surface area contributed by atoms with Gasteiger partial charge in [-0.15, -0.1) is 0 Å². The van der Waals surface area contributed by atoms with Crippen molar-refractivity contribution in [3.8, 4) is 0 Å². The molecule has 0 amide bonds. The van der Waals surface area contributed by atoms with Gasteiger partial charge in [-0.3, -0.25) is 4.40 Å². The molecule has 0 aliphatic heterocycles. The Balaban J connectivity index is 2.25. The highest BCUT2D eigenvalue weighted by molar-refractivity contribution is 6.14. The third-order valence-corrected chi connectivity index (χ3v) is 4.69. The predicted molar refractivity (Wildman–Crippen MR) is 97.2 cm³/mol. The Hall–Kier alpha value is -2.87. The summed E-state index contributed by atoms with van der Waals surface area (Å²) >= 11 is 0. The molecule has 23 heavy (non-hydrogen) atoms. The van der Waals surface area contributed by atoms with E-state index in [0.717, 1.165) is 11.2 Å². The van der Waals surface area contributed by atoms with E-state index in [1.54, 1.807) is 0 Å². The second-order valence-corrected chi connectivity index (χ2v) is 6.28. The van der Waals surface area contributed by atoms with Crippen LogP contribution in [0.4, 0.5) is 0 Å². The van der Waals surface area contributed by atoms with E-state index in [9.17, 15) is 0 Å². The summed E-state index contributed by atoms with van der Waals surface area (Å²) in [5, 5.41) is 3.78. The van der Waals surface area contributed by atoms with Crippen LogP contribution in [0.25, 0.3) is 38.4 Å². The van der Waals surface area contributed by atoms with Gasteiger partial charge < -0.3 is 0 Å². The van der Waals surface area contributed by atoms with Gasteiger partial charge in [-0.2, -0.15) is 0 Å². The van der Waals surface area contributed by atoms with Gasteiger partial charge in [0.2, 0.25) is 0 Å². The summed E-state index contributed by atoms with van der Waals surface area (Å²) in [6.07, 6.45) is 0. The van der Waals surface area contributed by atoms with Gasteiger partial charge in [0.1, 0.15) is 5.65 Å². The molecule has 3 aromatic carbocycles. The molecule has 5 aromatic rings. The number of fused-ring (bicyclic) bond motifs is 8. The highest BCUT2D eigenvalue weighted by Crippen LogP contribution is 2.34. The molecule has 0 atom stereocenters. The first kappa shape index (κ1) is 12.7. The lowest BCUT2D eigenvalue weighted by Gasteiger charge is -2.12. The number of para-hydroxylation sites is 2. The molecule has 2 nitrogen and oxygen atoms in total. The fourth-order valence-electron chi connectivity index (χ4n) is 3.81. The van der Waals surface area contributed by atoms with Crippen LogP contribution in [0.5, 0.6) is 0 Å². The Morgan fingerprint density at radius 1 is 0.783 bits per heavy atom. The summed E-state index contributed by atoms with van der Waals surface area (Å²) in [6, 6.07) is 21.5. The van der Waals surface area contributed by atoms with Crippen molar-refractivity contribution in [2.75, 3.05) is 0 Å². The molecule has 0 fully saturated rings. The van der Waals surface area contributed by atoms with Crippen LogP contribution < -0.4 is 0 Å². The third-order valence-electron chi connectivity index (χ3n) is 4.69. The summed E-state index contributed by atoms with van der Waals surface area (Å²) in [4.78, 5) is 4.92. The topological polar surface area (TPSA) is 17.3 Å². The Kier molecular flexibility index (Phi) is 2.38. The van der Waals surface area contributed by atoms with E-state index in [-0.39, 0.29) is 0 Å². The summed E-state index contributed by atoms with van der Waals surface area (Å²) in [5.41, 5.74) is 7.11. The molecule has 0 saturated heterocycles. The summed E-state index contributed by atoms with van der Waals surface area (Å²) in [5.74, 6) is 0. The Morgan fingerprint density at radius 3 is 2.39 bits per heavy atom. The minimum atomic E-state index is 1.04. The van der Waals surface area contributed by atoms with E-state index in [0.29, 0.717) is 0 Å². The van der Waals surface area contributed by atoms with E-state index < -0.39 is 0 Å². The zero-order valence-corrected chi connectivity index (χ0v) is 13.2. The van der Waals surface area contributed by atoms with E-state index in [2.05, 4.69) is 78.9 Å². The van der Waals surface area contributed by atoms with Crippen molar-refractivity contribution in [3.05, 3.63) is 71.8 Å². The molecule has 0 spiro atoms. The van der Waals surface area contributed by atoms with Gasteiger partial charge in [0.05, 0.1) is 16.6 Å². The number of hydrogen-bond acceptors (Lipinski definition) is 1. The van der Waals surface area contributed by atoms with Crippen molar-refractivity contribution in [2.24, 2.45) is 0 Å². The van der Waals surface area contributed by atoms with Crippen LogP contribution in [0.1, 0.15) is 11.1 Å². The maximum absolute atomic E-state index is 4.92. The molecule has 2 heteroatoms. The number of pyridine rings is 1. The van der Waals surface area contributed by atoms with Crippen molar-refractivity contribution >= 4 is 38.4 Å². The van der Waals surface area contributed by atoms with Gasteiger partial charge in [-0.25, -0.2) is 4.98 Å². The molecule has 2 heterocycles. The van der Waals surface area contributed by atoms with Crippen molar-refractivity contribution in [1.82, 2.24) is 9.38 Å². The van der Waals surface area contributed by atoms with Crippen LogP contribution in [0.3, 0.4) is 0 Å². The van der Waals surface area contributed by atoms with Gasteiger partial charge in [0.25, 0.3) is 0 Å². The van der Waals surface area contributed by atoms with Crippen LogP contribution in [0.15, 0.2) is 60.7 Å². The fourth-order valence-corrected chi connectivity index (χ4v) is 3.81. The van der Waals surface area contributed by atoms with E-state index in [1.807, 2.05) is 0 Å². The zero-order chi connectivity index (χ0) is 15.6. The fraction of sp³-hybridized carbons (Fsp3) is 0.0952. The maximum Gasteiger partial charge on any atom is 0.146 e. The molecular formula is C21H16N2. The van der Waals surface area contributed by atoms with Gasteiger partial charge >= 0.3 is 0 Å². The molecule has 5 rings (SSSR count). The second kappa shape index (κ2) is 4.32. The van der Waals surface area contributed by atoms with Crippen LogP contribution in [-0.4, -0.2) is 9.38 Å². The maximum atomic E-state index is 4.92. The molecule has 0 aliphatic carbocycles. The number of benzene rings is 3. The minimum absolute atomic E-state index is 1.04. The van der Waals surface area contributed by atoms with Crippen molar-refractivity contribution < 1.29 is 0 Å². The second-order valence-electron chi connectivity index (χ2n) is 6.28. The van der Waals surface area contributed by atoms with Crippen LogP contribution in [0, 0.1) is 13.8 Å². The van der Waals surface area contributed by atoms with Crippen molar-refractivity contribution in [1.29, 1.82) is 0 Å². The van der Waals surface area contributed by atoms with Crippen molar-refractivity contribution in [2.45, 2.75) is 13.8 Å². The number of aromatic nitrogens is 2. The van der Waals surface area contributed by atoms with E-state index in [4.69, 9.17) is 4.98 Å². The van der Waals surface area contributed by atoms with Crippen LogP contribution in [0.2, 0.25) is 0 Å². The summed E-state index contributed by atoms with van der Waals surface area (Å²) in [7, 11) is 0. The smallest absolute Gasteiger partial charge is 0.146 e. The van der Waals surface area contributed by atoms with Gasteiger partial charge in [-0.05, 0) is 43.0 Å². The first-order chi connectivity index (χ1) is 11.2. The Morgan fingerprint density at radius 2 is 1.52 bits per heavy atom. The standard InChI is InChI=1S/C21H16N2/c1-13-11-14(2)20-17(12-13)15-7-3-4-8-16(15)21-22-18-9-5-6-10-19(18)23(20)21/h3-12H,1-2H3. The Labute approximate surface area is 134 Å². The molecule has 2 aromatic heterocycles. The van der Waals surface area contributed by atoms with Gasteiger partial charge in [0.15, 0.2) is 0 Å². The molecule has 0 bridgehead atoms. The first-order valence-electron chi connectivity index (χ1n) is 7.93. The first-order valence-corrected chi connectivity index (χ1v) is 7.93. The Bertz CT molecular complexity index is 1230. The number of nitrogens with zero attached hydrogens (tertiary/aromatic N) is 2. The average molecular weight is 296 g/mol. The van der Waals surface area contributed by atoms with Crippen LogP contribution in [-0.2, 0) is 0 Å². The average Bonchev–Trinajstić information content (AvgIpc) is 2.94.